The monoisotopic (exact) mass is 361 g/mol. The van der Waals surface area contributed by atoms with E-state index < -0.39 is 0 Å². The predicted octanol–water partition coefficient (Wildman–Crippen LogP) is 4.23. The maximum atomic E-state index is 12.0. The lowest BCUT2D eigenvalue weighted by Crippen LogP contribution is -2.10. The smallest absolute Gasteiger partial charge is 0.343 e. The summed E-state index contributed by atoms with van der Waals surface area (Å²) in [6.07, 6.45) is 6.26. The molecule has 27 heavy (non-hydrogen) atoms. The molecule has 4 nitrogen and oxygen atoms in total. The van der Waals surface area contributed by atoms with Crippen LogP contribution in [0.2, 0.25) is 0 Å². The zero-order chi connectivity index (χ0) is 18.9. The van der Waals surface area contributed by atoms with Gasteiger partial charge in [0.25, 0.3) is 0 Å². The van der Waals surface area contributed by atoms with Crippen molar-refractivity contribution in [3.05, 3.63) is 95.8 Å². The Balaban J connectivity index is 1.44. The molecule has 4 heteroatoms. The van der Waals surface area contributed by atoms with Crippen molar-refractivity contribution in [1.29, 1.82) is 0 Å². The number of carbonyl (C=O) groups is 1. The van der Waals surface area contributed by atoms with Crippen molar-refractivity contribution >= 4 is 5.97 Å². The largest absolute Gasteiger partial charge is 0.423 e. The molecule has 3 rings (SSSR count). The van der Waals surface area contributed by atoms with Crippen LogP contribution in [-0.4, -0.2) is 22.2 Å². The third-order valence-corrected chi connectivity index (χ3v) is 4.40. The average molecular weight is 361 g/mol. The van der Waals surface area contributed by atoms with Gasteiger partial charge in [0, 0.05) is 12.4 Å². The highest BCUT2D eigenvalue weighted by Gasteiger charge is 2.09. The van der Waals surface area contributed by atoms with Crippen molar-refractivity contribution in [1.82, 2.24) is 4.98 Å². The molecule has 2 aromatic carbocycles. The number of aryl methyl sites for hydroxylation is 2. The maximum Gasteiger partial charge on any atom is 0.343 e. The van der Waals surface area contributed by atoms with Crippen molar-refractivity contribution < 1.29 is 14.6 Å². The summed E-state index contributed by atoms with van der Waals surface area (Å²) in [6, 6.07) is 20.3. The number of nitrogens with zero attached hydrogens (tertiary/aromatic N) is 1. The molecular formula is C23H23NO3. The Morgan fingerprint density at radius 3 is 2.26 bits per heavy atom. The lowest BCUT2D eigenvalue weighted by Gasteiger charge is -2.11. The number of aromatic nitrogens is 1. The van der Waals surface area contributed by atoms with E-state index in [0.717, 1.165) is 30.4 Å². The van der Waals surface area contributed by atoms with Gasteiger partial charge in [-0.1, -0.05) is 36.4 Å². The number of carbonyl (C=O) groups excluding carboxylic acids is 1. The fourth-order valence-corrected chi connectivity index (χ4v) is 2.82. The van der Waals surface area contributed by atoms with E-state index in [1.165, 1.54) is 0 Å². The van der Waals surface area contributed by atoms with Gasteiger partial charge < -0.3 is 9.84 Å². The molecule has 0 aliphatic rings. The molecule has 0 aliphatic carbocycles. The van der Waals surface area contributed by atoms with E-state index in [0.29, 0.717) is 17.7 Å². The number of aliphatic hydroxyl groups excluding tert-OH is 1. The minimum Gasteiger partial charge on any atom is -0.423 e. The van der Waals surface area contributed by atoms with Crippen molar-refractivity contribution in [2.24, 2.45) is 0 Å². The number of hydrogen-bond acceptors (Lipinski definition) is 4. The summed E-state index contributed by atoms with van der Waals surface area (Å²) in [5, 5.41) is 10.2. The van der Waals surface area contributed by atoms with Gasteiger partial charge in [0.05, 0.1) is 11.7 Å². The Morgan fingerprint density at radius 1 is 0.889 bits per heavy atom. The molecule has 0 aliphatic heterocycles. The first-order chi connectivity index (χ1) is 13.2. The third-order valence-electron chi connectivity index (χ3n) is 4.40. The summed E-state index contributed by atoms with van der Waals surface area (Å²) in [5.41, 5.74) is 2.77. The van der Waals surface area contributed by atoms with Gasteiger partial charge in [-0.2, -0.15) is 0 Å². The van der Waals surface area contributed by atoms with E-state index in [1.807, 2.05) is 36.5 Å². The van der Waals surface area contributed by atoms with E-state index >= 15 is 0 Å². The normalized spacial score (nSPS) is 11.7. The highest BCUT2D eigenvalue weighted by atomic mass is 16.5. The lowest BCUT2D eigenvalue weighted by atomic mass is 10.0. The number of pyridine rings is 1. The van der Waals surface area contributed by atoms with Crippen molar-refractivity contribution in [3.63, 3.8) is 0 Å². The summed E-state index contributed by atoms with van der Waals surface area (Å²) in [4.78, 5) is 16.1. The second kappa shape index (κ2) is 9.64. The fraction of sp³-hybridized carbons (Fsp3) is 0.217. The van der Waals surface area contributed by atoms with Crippen LogP contribution in [0.4, 0.5) is 0 Å². The van der Waals surface area contributed by atoms with Crippen LogP contribution in [0.15, 0.2) is 79.1 Å². The molecule has 0 fully saturated rings. The SMILES string of the molecule is O=C(Oc1ccc(CCC(O)CCc2cccnc2)cc1)c1ccccc1. The second-order valence-electron chi connectivity index (χ2n) is 6.49. The third kappa shape index (κ3) is 6.04. The highest BCUT2D eigenvalue weighted by Crippen LogP contribution is 2.16. The number of aliphatic hydroxyl groups is 1. The number of ether oxygens (including phenoxy) is 1. The molecule has 3 aromatic rings. The zero-order valence-electron chi connectivity index (χ0n) is 15.1. The van der Waals surface area contributed by atoms with E-state index in [-0.39, 0.29) is 12.1 Å². The van der Waals surface area contributed by atoms with Crippen LogP contribution in [0.25, 0.3) is 0 Å². The van der Waals surface area contributed by atoms with E-state index in [4.69, 9.17) is 4.74 Å². The average Bonchev–Trinajstić information content (AvgIpc) is 2.73. The minimum atomic E-state index is -0.367. The molecular weight excluding hydrogens is 338 g/mol. The summed E-state index contributed by atoms with van der Waals surface area (Å²) in [5.74, 6) is 0.152. The first kappa shape index (κ1) is 18.8. The molecule has 1 N–H and O–H groups in total. The van der Waals surface area contributed by atoms with Gasteiger partial charge in [-0.25, -0.2) is 4.79 Å². The molecule has 0 saturated carbocycles. The summed E-state index contributed by atoms with van der Waals surface area (Å²) < 4.78 is 5.37. The van der Waals surface area contributed by atoms with Gasteiger partial charge in [0.1, 0.15) is 5.75 Å². The number of esters is 1. The van der Waals surface area contributed by atoms with Gasteiger partial charge >= 0.3 is 5.97 Å². The van der Waals surface area contributed by atoms with Gasteiger partial charge in [-0.15, -0.1) is 0 Å². The van der Waals surface area contributed by atoms with Gasteiger partial charge in [0.15, 0.2) is 0 Å². The van der Waals surface area contributed by atoms with Crippen LogP contribution in [0.3, 0.4) is 0 Å². The number of benzene rings is 2. The minimum absolute atomic E-state index is 0.346. The molecule has 138 valence electrons. The molecule has 0 bridgehead atoms. The molecule has 0 saturated heterocycles. The standard InChI is InChI=1S/C23H23NO3/c25-21(13-9-19-5-4-16-24-17-19)12-8-18-10-14-22(15-11-18)27-23(26)20-6-2-1-3-7-20/h1-7,10-11,14-17,21,25H,8-9,12-13H2. The van der Waals surface area contributed by atoms with Crippen LogP contribution in [0, 0.1) is 0 Å². The molecule has 1 atom stereocenters. The lowest BCUT2D eigenvalue weighted by molar-refractivity contribution is 0.0734. The van der Waals surface area contributed by atoms with Crippen LogP contribution in [0.5, 0.6) is 5.75 Å². The molecule has 1 aromatic heterocycles. The van der Waals surface area contributed by atoms with Gasteiger partial charge in [-0.3, -0.25) is 4.98 Å². The number of rotatable bonds is 8. The van der Waals surface area contributed by atoms with E-state index in [9.17, 15) is 9.90 Å². The Labute approximate surface area is 159 Å². The van der Waals surface area contributed by atoms with Gasteiger partial charge in [-0.05, 0) is 67.1 Å². The van der Waals surface area contributed by atoms with Crippen LogP contribution in [0.1, 0.15) is 34.3 Å². The molecule has 0 spiro atoms. The highest BCUT2D eigenvalue weighted by molar-refractivity contribution is 5.90. The quantitative estimate of drug-likeness (QED) is 0.482. The van der Waals surface area contributed by atoms with Crippen LogP contribution >= 0.6 is 0 Å². The molecule has 0 amide bonds. The Kier molecular flexibility index (Phi) is 6.72. The van der Waals surface area contributed by atoms with Crippen LogP contribution in [-0.2, 0) is 12.8 Å². The maximum absolute atomic E-state index is 12.0. The van der Waals surface area contributed by atoms with Crippen LogP contribution < -0.4 is 4.74 Å². The number of hydrogen-bond donors (Lipinski definition) is 1. The first-order valence-corrected chi connectivity index (χ1v) is 9.14. The summed E-state index contributed by atoms with van der Waals surface area (Å²) >= 11 is 0. The van der Waals surface area contributed by atoms with Crippen molar-refractivity contribution in [3.8, 4) is 5.75 Å². The molecule has 1 unspecified atom stereocenters. The van der Waals surface area contributed by atoms with E-state index in [2.05, 4.69) is 4.98 Å². The van der Waals surface area contributed by atoms with Gasteiger partial charge in [0.2, 0.25) is 0 Å². The Hall–Kier alpha value is -2.98. The Bertz CT molecular complexity index is 833. The first-order valence-electron chi connectivity index (χ1n) is 9.14. The fourth-order valence-electron chi connectivity index (χ4n) is 2.82. The Morgan fingerprint density at radius 2 is 1.59 bits per heavy atom. The zero-order valence-corrected chi connectivity index (χ0v) is 15.1. The predicted molar refractivity (Wildman–Crippen MR) is 105 cm³/mol. The summed E-state index contributed by atoms with van der Waals surface area (Å²) in [7, 11) is 0. The van der Waals surface area contributed by atoms with E-state index in [1.54, 1.807) is 42.6 Å². The summed E-state index contributed by atoms with van der Waals surface area (Å²) in [6.45, 7) is 0. The molecule has 1 heterocycles. The molecule has 0 radical (unpaired) electrons. The van der Waals surface area contributed by atoms with Crippen molar-refractivity contribution in [2.45, 2.75) is 31.8 Å². The van der Waals surface area contributed by atoms with Crippen molar-refractivity contribution in [2.75, 3.05) is 0 Å². The topological polar surface area (TPSA) is 59.4 Å². The second-order valence-corrected chi connectivity index (χ2v) is 6.49.